The molecule has 0 bridgehead atoms. The highest BCUT2D eigenvalue weighted by Crippen LogP contribution is 2.46. The molecule has 270 valence electrons. The van der Waals surface area contributed by atoms with Gasteiger partial charge in [0.1, 0.15) is 23.3 Å². The average molecular weight is 759 g/mol. The van der Waals surface area contributed by atoms with Crippen LogP contribution in [0.15, 0.2) is 97.1 Å². The molecule has 0 radical (unpaired) electrons. The first-order valence-corrected chi connectivity index (χ1v) is 26.0. The number of rotatable bonds is 13. The molecule has 2 unspecified atom stereocenters. The topological polar surface area (TPSA) is 18.5 Å². The fourth-order valence-electron chi connectivity index (χ4n) is 5.14. The third-order valence-electron chi connectivity index (χ3n) is 10.2. The van der Waals surface area contributed by atoms with Gasteiger partial charge >= 0.3 is 0 Å². The van der Waals surface area contributed by atoms with Crippen LogP contribution in [0, 0.1) is 23.3 Å². The van der Waals surface area contributed by atoms with Crippen LogP contribution in [0.4, 0.5) is 17.6 Å². The fourth-order valence-corrected chi connectivity index (χ4v) is 12.9. The summed E-state index contributed by atoms with van der Waals surface area (Å²) in [6.45, 7) is 22.3. The molecule has 0 aliphatic heterocycles. The second-order valence-electron chi connectivity index (χ2n) is 16.0. The molecule has 0 spiro atoms. The van der Waals surface area contributed by atoms with E-state index in [1.807, 2.05) is 48.5 Å². The first-order valence-electron chi connectivity index (χ1n) is 17.1. The van der Waals surface area contributed by atoms with Crippen molar-refractivity contribution in [2.75, 3.05) is 12.3 Å². The summed E-state index contributed by atoms with van der Waals surface area (Å²) in [5, 5.41) is 3.62. The molecule has 0 fully saturated rings. The van der Waals surface area contributed by atoms with Crippen molar-refractivity contribution in [2.45, 2.75) is 90.0 Å². The molecule has 2 nitrogen and oxygen atoms in total. The monoisotopic (exact) mass is 758 g/mol. The zero-order chi connectivity index (χ0) is 37.1. The van der Waals surface area contributed by atoms with Gasteiger partial charge in [-0.25, -0.2) is 17.6 Å². The van der Waals surface area contributed by atoms with Crippen LogP contribution in [0.3, 0.4) is 0 Å². The van der Waals surface area contributed by atoms with E-state index in [9.17, 15) is 17.6 Å². The van der Waals surface area contributed by atoms with Crippen LogP contribution in [0.2, 0.25) is 36.3 Å². The minimum Gasteiger partial charge on any atom is -0.411 e. The van der Waals surface area contributed by atoms with Crippen molar-refractivity contribution in [3.63, 3.8) is 0 Å². The Morgan fingerprint density at radius 2 is 0.640 bits per heavy atom. The van der Waals surface area contributed by atoms with Gasteiger partial charge in [0, 0.05) is 12.3 Å². The third kappa shape index (κ3) is 10.5. The summed E-state index contributed by atoms with van der Waals surface area (Å²) in [6.07, 6.45) is 0.345. The molecular formula is C40H52F4O2P2Si2. The molecule has 0 aliphatic carbocycles. The Labute approximate surface area is 301 Å². The first kappa shape index (κ1) is 40.6. The van der Waals surface area contributed by atoms with Crippen molar-refractivity contribution in [2.24, 2.45) is 0 Å². The molecule has 0 saturated heterocycles. The highest BCUT2D eigenvalue weighted by atomic mass is 31.1. The molecular weight excluding hydrogens is 707 g/mol. The van der Waals surface area contributed by atoms with Gasteiger partial charge in [0.25, 0.3) is 0 Å². The Kier molecular flexibility index (Phi) is 13.2. The second kappa shape index (κ2) is 16.2. The number of hydrogen-bond acceptors (Lipinski definition) is 2. The summed E-state index contributed by atoms with van der Waals surface area (Å²) < 4.78 is 71.9. The van der Waals surface area contributed by atoms with Gasteiger partial charge in [-0.05, 0) is 122 Å². The lowest BCUT2D eigenvalue weighted by Gasteiger charge is -2.46. The van der Waals surface area contributed by atoms with Gasteiger partial charge in [-0.3, -0.25) is 0 Å². The maximum absolute atomic E-state index is 14.2. The maximum Gasteiger partial charge on any atom is 0.192 e. The van der Waals surface area contributed by atoms with Gasteiger partial charge in [0.15, 0.2) is 16.6 Å². The van der Waals surface area contributed by atoms with Crippen molar-refractivity contribution < 1.29 is 26.4 Å². The van der Waals surface area contributed by atoms with Gasteiger partial charge in [-0.15, -0.1) is 0 Å². The first-order chi connectivity index (χ1) is 23.2. The molecule has 0 saturated carbocycles. The molecule has 0 N–H and O–H groups in total. The van der Waals surface area contributed by atoms with Gasteiger partial charge in [-0.1, -0.05) is 90.1 Å². The molecule has 0 heterocycles. The predicted octanol–water partition coefficient (Wildman–Crippen LogP) is 10.6. The molecule has 4 aromatic carbocycles. The van der Waals surface area contributed by atoms with Crippen LogP contribution in [0.5, 0.6) is 0 Å². The van der Waals surface area contributed by atoms with E-state index in [-0.39, 0.29) is 33.3 Å². The smallest absolute Gasteiger partial charge is 0.192 e. The van der Waals surface area contributed by atoms with Crippen LogP contribution in [-0.4, -0.2) is 41.2 Å². The summed E-state index contributed by atoms with van der Waals surface area (Å²) in [6, 6.07) is 26.4. The molecule has 10 heteroatoms. The van der Waals surface area contributed by atoms with Crippen LogP contribution in [0.25, 0.3) is 0 Å². The Balaban J connectivity index is 1.93. The van der Waals surface area contributed by atoms with Crippen molar-refractivity contribution in [1.82, 2.24) is 0 Å². The number of benzene rings is 4. The SMILES string of the molecule is CC(C)(C)[Si](C)(C)OC(CP(c1ccc(F)cc1)c1ccc(F)cc1)C(CP(c1ccc(F)cc1)c1ccc(F)cc1)O[Si](C)(C)C(C)(C)C. The van der Waals surface area contributed by atoms with Crippen molar-refractivity contribution >= 4 is 53.7 Å². The van der Waals surface area contributed by atoms with E-state index in [4.69, 9.17) is 8.85 Å². The molecule has 50 heavy (non-hydrogen) atoms. The van der Waals surface area contributed by atoms with Crippen molar-refractivity contribution in [3.05, 3.63) is 120 Å². The number of hydrogen-bond donors (Lipinski definition) is 0. The van der Waals surface area contributed by atoms with Crippen LogP contribution < -0.4 is 21.2 Å². The Morgan fingerprint density at radius 3 is 0.820 bits per heavy atom. The van der Waals surface area contributed by atoms with E-state index in [1.54, 1.807) is 0 Å². The average Bonchev–Trinajstić information content (AvgIpc) is 3.02. The summed E-state index contributed by atoms with van der Waals surface area (Å²) >= 11 is 0. The Hall–Kier alpha value is -2.19. The summed E-state index contributed by atoms with van der Waals surface area (Å²) in [5.41, 5.74) is 0. The van der Waals surface area contributed by atoms with E-state index in [2.05, 4.69) is 67.7 Å². The second-order valence-corrected chi connectivity index (χ2v) is 30.0. The molecule has 2 atom stereocenters. The zero-order valence-corrected chi connectivity index (χ0v) is 34.8. The minimum atomic E-state index is -2.43. The summed E-state index contributed by atoms with van der Waals surface area (Å²) in [5.74, 6) is -1.28. The Morgan fingerprint density at radius 1 is 0.440 bits per heavy atom. The van der Waals surface area contributed by atoms with Crippen molar-refractivity contribution in [3.8, 4) is 0 Å². The van der Waals surface area contributed by atoms with Crippen LogP contribution in [0.1, 0.15) is 41.5 Å². The van der Waals surface area contributed by atoms with Crippen LogP contribution in [-0.2, 0) is 8.85 Å². The van der Waals surface area contributed by atoms with E-state index in [0.717, 1.165) is 21.2 Å². The maximum atomic E-state index is 14.2. The Bertz CT molecular complexity index is 1450. The predicted molar refractivity (Wildman–Crippen MR) is 212 cm³/mol. The van der Waals surface area contributed by atoms with Gasteiger partial charge in [0.2, 0.25) is 0 Å². The standard InChI is InChI=1S/C40H52F4O2P2Si2/c1-39(2,3)49(7,8)45-37(27-47(33-19-11-29(41)12-20-33)34-21-13-30(42)14-22-34)38(46-50(9,10)40(4,5)6)28-48(35-23-15-31(43)16-24-35)36-25-17-32(44)18-26-36/h11-26,37-38H,27-28H2,1-10H3. The fraction of sp³-hybridized carbons (Fsp3) is 0.400. The molecule has 4 aromatic rings. The molecule has 0 aliphatic rings. The normalized spacial score (nSPS) is 14.3. The lowest BCUT2D eigenvalue weighted by molar-refractivity contribution is 0.0634. The molecule has 0 aromatic heterocycles. The van der Waals surface area contributed by atoms with Gasteiger partial charge < -0.3 is 8.85 Å². The van der Waals surface area contributed by atoms with Crippen LogP contribution >= 0.6 is 15.8 Å². The van der Waals surface area contributed by atoms with Gasteiger partial charge in [-0.2, -0.15) is 0 Å². The number of halogens is 4. The van der Waals surface area contributed by atoms with Crippen molar-refractivity contribution in [1.29, 1.82) is 0 Å². The largest absolute Gasteiger partial charge is 0.411 e. The summed E-state index contributed by atoms with van der Waals surface area (Å²) in [4.78, 5) is 0. The quantitative estimate of drug-likeness (QED) is 0.0768. The lowest BCUT2D eigenvalue weighted by atomic mass is 10.2. The van der Waals surface area contributed by atoms with E-state index < -0.39 is 44.7 Å². The highest BCUT2D eigenvalue weighted by molar-refractivity contribution is 7.73. The molecule has 0 amide bonds. The van der Waals surface area contributed by atoms with E-state index in [0.29, 0.717) is 12.3 Å². The van der Waals surface area contributed by atoms with E-state index in [1.165, 1.54) is 48.5 Å². The highest BCUT2D eigenvalue weighted by Gasteiger charge is 2.46. The summed E-state index contributed by atoms with van der Waals surface area (Å²) in [7, 11) is -7.14. The third-order valence-corrected chi connectivity index (χ3v) is 24.3. The van der Waals surface area contributed by atoms with Gasteiger partial charge in [0.05, 0.1) is 12.2 Å². The van der Waals surface area contributed by atoms with E-state index >= 15 is 0 Å². The molecule has 4 rings (SSSR count). The minimum absolute atomic E-state index is 0.111. The lowest BCUT2D eigenvalue weighted by Crippen LogP contribution is -2.54. The zero-order valence-electron chi connectivity index (χ0n) is 31.0.